The molecule has 2 aliphatic heterocycles. The first kappa shape index (κ1) is 17.0. The number of carbonyl (C=O) groups excluding carboxylic acids is 1. The van der Waals surface area contributed by atoms with E-state index in [0.29, 0.717) is 6.42 Å². The van der Waals surface area contributed by atoms with Gasteiger partial charge in [0.2, 0.25) is 11.8 Å². The first-order chi connectivity index (χ1) is 12.2. The molecule has 3 fully saturated rings. The van der Waals surface area contributed by atoms with Crippen molar-refractivity contribution in [3.63, 3.8) is 0 Å². The molecule has 2 saturated heterocycles. The molecule has 26 heavy (non-hydrogen) atoms. The maximum atomic E-state index is 12.6. The molecule has 2 amide bonds. The number of rotatable bonds is 5. The Kier molecular flexibility index (Phi) is 3.61. The second kappa shape index (κ2) is 5.52. The summed E-state index contributed by atoms with van der Waals surface area (Å²) < 4.78 is 41.2. The SMILES string of the molecule is N=C(N)NCc1nnc([C@@H]2CC3(CC3)[C@@H]3CN2C(=O)N3OS(=O)(=O)O)o1. The highest BCUT2D eigenvalue weighted by molar-refractivity contribution is 7.80. The van der Waals surface area contributed by atoms with Crippen molar-refractivity contribution in [2.24, 2.45) is 11.1 Å². The fourth-order valence-electron chi connectivity index (χ4n) is 3.68. The number of piperidine rings is 1. The molecule has 0 radical (unpaired) electrons. The van der Waals surface area contributed by atoms with E-state index in [2.05, 4.69) is 19.8 Å². The first-order valence-electron chi connectivity index (χ1n) is 7.85. The second-order valence-corrected chi connectivity index (χ2v) is 7.67. The Morgan fingerprint density at radius 2 is 2.23 bits per heavy atom. The van der Waals surface area contributed by atoms with Crippen LogP contribution in [-0.2, 0) is 21.2 Å². The molecule has 14 heteroatoms. The van der Waals surface area contributed by atoms with E-state index >= 15 is 0 Å². The minimum atomic E-state index is -4.81. The maximum Gasteiger partial charge on any atom is 0.418 e. The van der Waals surface area contributed by atoms with Gasteiger partial charge in [-0.15, -0.1) is 14.5 Å². The third-order valence-electron chi connectivity index (χ3n) is 5.03. The number of nitrogens with two attached hydrogens (primary N) is 1. The van der Waals surface area contributed by atoms with Crippen molar-refractivity contribution in [1.82, 2.24) is 25.5 Å². The molecule has 3 aliphatic rings. The molecule has 3 heterocycles. The standard InChI is InChI=1S/C12H17N7O6S/c13-10(14)15-4-8-16-17-9(24-8)6-3-12(1-2-12)7-5-18(6)11(20)19(7)25-26(21,22)23/h6-7H,1-5H2,(H4,13,14,15)(H,21,22,23)/t6-,7-/m0/s1. The molecule has 2 bridgehead atoms. The van der Waals surface area contributed by atoms with Crippen LogP contribution in [-0.4, -0.2) is 57.7 Å². The molecule has 0 unspecified atom stereocenters. The van der Waals surface area contributed by atoms with Crippen LogP contribution in [0.25, 0.3) is 0 Å². The lowest BCUT2D eigenvalue weighted by atomic mass is 9.85. The van der Waals surface area contributed by atoms with E-state index in [9.17, 15) is 13.2 Å². The van der Waals surface area contributed by atoms with Crippen molar-refractivity contribution in [2.75, 3.05) is 6.54 Å². The third-order valence-corrected chi connectivity index (χ3v) is 5.38. The van der Waals surface area contributed by atoms with Gasteiger partial charge in [-0.25, -0.2) is 4.79 Å². The van der Waals surface area contributed by atoms with Crippen LogP contribution in [0.2, 0.25) is 0 Å². The number of urea groups is 1. The first-order valence-corrected chi connectivity index (χ1v) is 9.22. The molecule has 13 nitrogen and oxygen atoms in total. The normalized spacial score (nSPS) is 26.4. The highest BCUT2D eigenvalue weighted by Gasteiger charge is 2.64. The smallest absolute Gasteiger partial charge is 0.418 e. The van der Waals surface area contributed by atoms with Gasteiger partial charge in [-0.2, -0.15) is 13.5 Å². The van der Waals surface area contributed by atoms with Gasteiger partial charge >= 0.3 is 16.4 Å². The summed E-state index contributed by atoms with van der Waals surface area (Å²) >= 11 is 0. The van der Waals surface area contributed by atoms with Gasteiger partial charge in [0.25, 0.3) is 0 Å². The number of guanidine groups is 1. The Morgan fingerprint density at radius 1 is 1.50 bits per heavy atom. The fraction of sp³-hybridized carbons (Fsp3) is 0.667. The van der Waals surface area contributed by atoms with Crippen molar-refractivity contribution >= 4 is 22.4 Å². The monoisotopic (exact) mass is 387 g/mol. The van der Waals surface area contributed by atoms with Gasteiger partial charge < -0.3 is 20.4 Å². The topological polar surface area (TPSA) is 188 Å². The van der Waals surface area contributed by atoms with Gasteiger partial charge in [-0.3, -0.25) is 9.96 Å². The van der Waals surface area contributed by atoms with Crippen LogP contribution in [0.3, 0.4) is 0 Å². The van der Waals surface area contributed by atoms with E-state index in [1.54, 1.807) is 0 Å². The zero-order chi connectivity index (χ0) is 18.7. The van der Waals surface area contributed by atoms with Crippen molar-refractivity contribution in [3.05, 3.63) is 11.8 Å². The molecule has 0 aromatic carbocycles. The van der Waals surface area contributed by atoms with Crippen molar-refractivity contribution in [1.29, 1.82) is 5.41 Å². The third kappa shape index (κ3) is 2.85. The minimum absolute atomic E-state index is 0.0781. The summed E-state index contributed by atoms with van der Waals surface area (Å²) in [6.45, 7) is 0.317. The number of fused-ring (bicyclic) bond motifs is 3. The molecule has 142 valence electrons. The molecular formula is C12H17N7O6S. The Hall–Kier alpha value is -2.45. The van der Waals surface area contributed by atoms with Crippen molar-refractivity contribution in [2.45, 2.75) is 37.9 Å². The molecule has 1 aromatic heterocycles. The van der Waals surface area contributed by atoms with Gasteiger partial charge in [0.15, 0.2) is 5.96 Å². The number of nitrogens with zero attached hydrogens (tertiary/aromatic N) is 4. The summed E-state index contributed by atoms with van der Waals surface area (Å²) in [4.78, 5) is 14.0. The van der Waals surface area contributed by atoms with Crippen LogP contribution in [0.1, 0.15) is 37.1 Å². The lowest BCUT2D eigenvalue weighted by Crippen LogP contribution is -2.43. The van der Waals surface area contributed by atoms with Crippen LogP contribution in [0.5, 0.6) is 0 Å². The number of hydroxylamine groups is 2. The largest absolute Gasteiger partial charge is 0.421 e. The Labute approximate surface area is 147 Å². The van der Waals surface area contributed by atoms with Gasteiger partial charge in [-0.1, -0.05) is 0 Å². The number of hydrogen-bond donors (Lipinski definition) is 4. The van der Waals surface area contributed by atoms with Crippen LogP contribution in [0, 0.1) is 10.8 Å². The van der Waals surface area contributed by atoms with E-state index in [4.69, 9.17) is 20.1 Å². The number of hydrogen-bond acceptors (Lipinski definition) is 8. The summed E-state index contributed by atoms with van der Waals surface area (Å²) in [6.07, 6.45) is 2.12. The summed E-state index contributed by atoms with van der Waals surface area (Å²) in [5, 5.41) is 18.2. The average Bonchev–Trinajstić information content (AvgIpc) is 3.05. The number of amides is 2. The van der Waals surface area contributed by atoms with E-state index in [1.807, 2.05) is 0 Å². The molecule has 5 N–H and O–H groups in total. The number of carbonyl (C=O) groups is 1. The van der Waals surface area contributed by atoms with E-state index < -0.39 is 28.5 Å². The molecule has 1 spiro atoms. The lowest BCUT2D eigenvalue weighted by Gasteiger charge is -2.34. The summed E-state index contributed by atoms with van der Waals surface area (Å²) in [6, 6.07) is -1.66. The van der Waals surface area contributed by atoms with Gasteiger partial charge in [-0.05, 0) is 24.7 Å². The van der Waals surface area contributed by atoms with E-state index in [1.165, 1.54) is 4.90 Å². The van der Waals surface area contributed by atoms with Gasteiger partial charge in [0, 0.05) is 6.54 Å². The van der Waals surface area contributed by atoms with Crippen LogP contribution in [0.4, 0.5) is 4.79 Å². The quantitative estimate of drug-likeness (QED) is 0.280. The molecule has 2 atom stereocenters. The van der Waals surface area contributed by atoms with Crippen LogP contribution < -0.4 is 11.1 Å². The lowest BCUT2D eigenvalue weighted by molar-refractivity contribution is -0.0530. The predicted octanol–water partition coefficient (Wildman–Crippen LogP) is -0.882. The predicted molar refractivity (Wildman–Crippen MR) is 82.4 cm³/mol. The van der Waals surface area contributed by atoms with E-state index in [-0.39, 0.29) is 36.2 Å². The number of nitrogens with one attached hydrogen (secondary N) is 2. The van der Waals surface area contributed by atoms with Gasteiger partial charge in [0.05, 0.1) is 12.6 Å². The Balaban J connectivity index is 1.58. The molecule has 1 aromatic rings. The summed E-state index contributed by atoms with van der Waals surface area (Å²) in [5.74, 6) is 0.187. The molecule has 1 aliphatic carbocycles. The maximum absolute atomic E-state index is 12.6. The highest BCUT2D eigenvalue weighted by Crippen LogP contribution is 2.61. The Morgan fingerprint density at radius 3 is 2.85 bits per heavy atom. The van der Waals surface area contributed by atoms with Crippen molar-refractivity contribution in [3.8, 4) is 0 Å². The van der Waals surface area contributed by atoms with Crippen molar-refractivity contribution < 1.29 is 26.5 Å². The second-order valence-electron chi connectivity index (χ2n) is 6.66. The minimum Gasteiger partial charge on any atom is -0.421 e. The highest BCUT2D eigenvalue weighted by atomic mass is 32.3. The van der Waals surface area contributed by atoms with Crippen LogP contribution >= 0.6 is 0 Å². The zero-order valence-electron chi connectivity index (χ0n) is 13.5. The zero-order valence-corrected chi connectivity index (χ0v) is 14.3. The van der Waals surface area contributed by atoms with E-state index in [0.717, 1.165) is 17.9 Å². The fourth-order valence-corrected chi connectivity index (χ4v) is 4.05. The Bertz CT molecular complexity index is 865. The van der Waals surface area contributed by atoms with Gasteiger partial charge in [0.1, 0.15) is 6.04 Å². The number of aromatic nitrogens is 2. The summed E-state index contributed by atoms with van der Waals surface area (Å²) in [5.41, 5.74) is 4.91. The molecular weight excluding hydrogens is 370 g/mol. The van der Waals surface area contributed by atoms with Crippen LogP contribution in [0.15, 0.2) is 4.42 Å². The average molecular weight is 387 g/mol. The summed E-state index contributed by atoms with van der Waals surface area (Å²) in [7, 11) is -4.81. The molecule has 4 rings (SSSR count). The molecule has 1 saturated carbocycles.